The molecule has 0 unspecified atom stereocenters. The van der Waals surface area contributed by atoms with E-state index in [0.717, 1.165) is 0 Å². The Morgan fingerprint density at radius 1 is 1.05 bits per heavy atom. The molecule has 3 rings (SSSR count). The van der Waals surface area contributed by atoms with Crippen LogP contribution in [0.2, 0.25) is 0 Å². The predicted molar refractivity (Wildman–Crippen MR) is 67.8 cm³/mol. The number of ether oxygens (including phenoxy) is 1. The van der Waals surface area contributed by atoms with E-state index in [1.165, 1.54) is 6.07 Å². The van der Waals surface area contributed by atoms with Crippen LogP contribution in [-0.4, -0.2) is 25.7 Å². The van der Waals surface area contributed by atoms with Crippen molar-refractivity contribution in [2.45, 2.75) is 0 Å². The van der Waals surface area contributed by atoms with Gasteiger partial charge < -0.3 is 9.84 Å². The number of para-hydroxylation sites is 1. The number of nitrogens with zero attached hydrogens (tertiary/aromatic N) is 3. The Labute approximate surface area is 108 Å². The lowest BCUT2D eigenvalue weighted by atomic mass is 10.2. The normalized spacial score (nSPS) is 10.3. The highest BCUT2D eigenvalue weighted by Crippen LogP contribution is 2.33. The molecule has 0 bridgehead atoms. The lowest BCUT2D eigenvalue weighted by Crippen LogP contribution is -1.87. The number of H-pyrrole nitrogens is 1. The average molecular weight is 254 g/mol. The van der Waals surface area contributed by atoms with Crippen molar-refractivity contribution in [3.63, 3.8) is 0 Å². The Kier molecular flexibility index (Phi) is 2.82. The lowest BCUT2D eigenvalue weighted by molar-refractivity contribution is 0.411. The quantitative estimate of drug-likeness (QED) is 0.749. The number of benzene rings is 2. The first-order valence-electron chi connectivity index (χ1n) is 5.62. The van der Waals surface area contributed by atoms with Crippen LogP contribution in [0.25, 0.3) is 11.4 Å². The fourth-order valence-electron chi connectivity index (χ4n) is 1.63. The first kappa shape index (κ1) is 11.2. The summed E-state index contributed by atoms with van der Waals surface area (Å²) in [4.78, 5) is 0. The van der Waals surface area contributed by atoms with Crippen molar-refractivity contribution in [1.29, 1.82) is 0 Å². The second kappa shape index (κ2) is 4.77. The van der Waals surface area contributed by atoms with Crippen molar-refractivity contribution < 1.29 is 9.84 Å². The van der Waals surface area contributed by atoms with Crippen LogP contribution in [0, 0.1) is 0 Å². The summed E-state index contributed by atoms with van der Waals surface area (Å²) in [5.74, 6) is 1.48. The maximum absolute atomic E-state index is 9.80. The van der Waals surface area contributed by atoms with Gasteiger partial charge in [0.15, 0.2) is 11.5 Å². The van der Waals surface area contributed by atoms with Crippen molar-refractivity contribution >= 4 is 0 Å². The Hall–Kier alpha value is -2.89. The van der Waals surface area contributed by atoms with E-state index in [0.29, 0.717) is 22.9 Å². The van der Waals surface area contributed by atoms with Gasteiger partial charge in [0.05, 0.1) is 0 Å². The van der Waals surface area contributed by atoms with Gasteiger partial charge in [-0.05, 0) is 35.5 Å². The summed E-state index contributed by atoms with van der Waals surface area (Å²) in [6, 6.07) is 14.1. The largest absolute Gasteiger partial charge is 0.504 e. The van der Waals surface area contributed by atoms with Gasteiger partial charge in [-0.15, -0.1) is 10.2 Å². The summed E-state index contributed by atoms with van der Waals surface area (Å²) in [7, 11) is 0. The lowest BCUT2D eigenvalue weighted by Gasteiger charge is -2.08. The molecule has 19 heavy (non-hydrogen) atoms. The van der Waals surface area contributed by atoms with Crippen molar-refractivity contribution in [3.05, 3.63) is 48.5 Å². The van der Waals surface area contributed by atoms with Crippen molar-refractivity contribution in [2.24, 2.45) is 0 Å². The second-order valence-electron chi connectivity index (χ2n) is 3.83. The van der Waals surface area contributed by atoms with E-state index in [-0.39, 0.29) is 5.75 Å². The number of hydrogen-bond donors (Lipinski definition) is 2. The van der Waals surface area contributed by atoms with Crippen molar-refractivity contribution in [2.75, 3.05) is 0 Å². The van der Waals surface area contributed by atoms with E-state index < -0.39 is 0 Å². The maximum atomic E-state index is 9.80. The third-order valence-corrected chi connectivity index (χ3v) is 2.53. The van der Waals surface area contributed by atoms with Gasteiger partial charge in [-0.2, -0.15) is 5.21 Å². The molecule has 0 saturated carbocycles. The van der Waals surface area contributed by atoms with Gasteiger partial charge in [0.1, 0.15) is 5.75 Å². The van der Waals surface area contributed by atoms with E-state index >= 15 is 0 Å². The van der Waals surface area contributed by atoms with Gasteiger partial charge in [0, 0.05) is 5.56 Å². The van der Waals surface area contributed by atoms with Gasteiger partial charge in [-0.25, -0.2) is 0 Å². The molecule has 0 saturated heterocycles. The predicted octanol–water partition coefficient (Wildman–Crippen LogP) is 2.36. The number of hydrogen-bond acceptors (Lipinski definition) is 5. The average Bonchev–Trinajstić information content (AvgIpc) is 2.96. The number of phenols is 1. The zero-order valence-electron chi connectivity index (χ0n) is 9.82. The molecular formula is C13H10N4O2. The molecule has 6 nitrogen and oxygen atoms in total. The molecule has 0 fully saturated rings. The van der Waals surface area contributed by atoms with E-state index in [4.69, 9.17) is 4.74 Å². The fourth-order valence-corrected chi connectivity index (χ4v) is 1.63. The van der Waals surface area contributed by atoms with Crippen LogP contribution in [0.1, 0.15) is 0 Å². The molecule has 0 aliphatic heterocycles. The Bertz CT molecular complexity index is 668. The van der Waals surface area contributed by atoms with Crippen LogP contribution < -0.4 is 4.74 Å². The zero-order chi connectivity index (χ0) is 13.1. The van der Waals surface area contributed by atoms with Gasteiger partial charge in [0.25, 0.3) is 0 Å². The van der Waals surface area contributed by atoms with E-state index in [1.807, 2.05) is 18.2 Å². The van der Waals surface area contributed by atoms with Crippen molar-refractivity contribution in [1.82, 2.24) is 20.6 Å². The number of aromatic nitrogens is 4. The molecule has 1 aromatic heterocycles. The van der Waals surface area contributed by atoms with Crippen LogP contribution in [-0.2, 0) is 0 Å². The highest BCUT2D eigenvalue weighted by molar-refractivity contribution is 5.60. The molecule has 3 aromatic rings. The SMILES string of the molecule is Oc1ccc(-c2nn[nH]n2)cc1Oc1ccccc1. The standard InChI is InChI=1S/C13H10N4O2/c18-11-7-6-9(13-14-16-17-15-13)8-12(11)19-10-4-2-1-3-5-10/h1-8,18H,(H,14,15,16,17). The maximum Gasteiger partial charge on any atom is 0.204 e. The number of aromatic amines is 1. The van der Waals surface area contributed by atoms with Gasteiger partial charge in [0.2, 0.25) is 5.82 Å². The molecule has 0 aliphatic rings. The van der Waals surface area contributed by atoms with Crippen LogP contribution in [0.3, 0.4) is 0 Å². The molecule has 0 amide bonds. The van der Waals surface area contributed by atoms with Crippen LogP contribution in [0.5, 0.6) is 17.2 Å². The van der Waals surface area contributed by atoms with E-state index in [2.05, 4.69) is 20.6 Å². The van der Waals surface area contributed by atoms with E-state index in [9.17, 15) is 5.11 Å². The number of aromatic hydroxyl groups is 1. The van der Waals surface area contributed by atoms with Gasteiger partial charge in [-0.3, -0.25) is 0 Å². The molecule has 6 heteroatoms. The second-order valence-corrected chi connectivity index (χ2v) is 3.83. The summed E-state index contributed by atoms with van der Waals surface area (Å²) in [5, 5.41) is 23.4. The van der Waals surface area contributed by atoms with Crippen LogP contribution >= 0.6 is 0 Å². The molecule has 1 heterocycles. The van der Waals surface area contributed by atoms with Crippen LogP contribution in [0.4, 0.5) is 0 Å². The molecule has 0 aliphatic carbocycles. The molecule has 2 aromatic carbocycles. The topological polar surface area (TPSA) is 83.9 Å². The third kappa shape index (κ3) is 2.37. The first-order chi connectivity index (χ1) is 9.33. The van der Waals surface area contributed by atoms with E-state index in [1.54, 1.807) is 24.3 Å². The smallest absolute Gasteiger partial charge is 0.204 e. The highest BCUT2D eigenvalue weighted by atomic mass is 16.5. The minimum Gasteiger partial charge on any atom is -0.504 e. The summed E-state index contributed by atoms with van der Waals surface area (Å²) in [6.07, 6.45) is 0. The molecule has 2 N–H and O–H groups in total. The number of nitrogens with one attached hydrogen (secondary N) is 1. The van der Waals surface area contributed by atoms with Gasteiger partial charge >= 0.3 is 0 Å². The monoisotopic (exact) mass is 254 g/mol. The third-order valence-electron chi connectivity index (χ3n) is 2.53. The molecule has 0 spiro atoms. The molecular weight excluding hydrogens is 244 g/mol. The Morgan fingerprint density at radius 2 is 1.89 bits per heavy atom. The summed E-state index contributed by atoms with van der Waals surface area (Å²) in [5.41, 5.74) is 0.706. The minimum atomic E-state index is 0.0519. The highest BCUT2D eigenvalue weighted by Gasteiger charge is 2.09. The van der Waals surface area contributed by atoms with Gasteiger partial charge in [-0.1, -0.05) is 18.2 Å². The minimum absolute atomic E-state index is 0.0519. The number of tetrazole rings is 1. The Balaban J connectivity index is 1.95. The summed E-state index contributed by atoms with van der Waals surface area (Å²) in [6.45, 7) is 0. The first-order valence-corrected chi connectivity index (χ1v) is 5.62. The fraction of sp³-hybridized carbons (Fsp3) is 0. The number of rotatable bonds is 3. The molecule has 0 radical (unpaired) electrons. The Morgan fingerprint density at radius 3 is 2.63 bits per heavy atom. The zero-order valence-corrected chi connectivity index (χ0v) is 9.82. The summed E-state index contributed by atoms with van der Waals surface area (Å²) < 4.78 is 5.61. The summed E-state index contributed by atoms with van der Waals surface area (Å²) >= 11 is 0. The molecule has 0 atom stereocenters. The van der Waals surface area contributed by atoms with Crippen molar-refractivity contribution in [3.8, 4) is 28.6 Å². The number of phenolic OH excluding ortho intramolecular Hbond substituents is 1. The molecule has 94 valence electrons. The van der Waals surface area contributed by atoms with Crippen LogP contribution in [0.15, 0.2) is 48.5 Å².